The monoisotopic (exact) mass is 478 g/mol. The number of nitrogens with zero attached hydrogens (tertiary/aromatic N) is 2. The molecule has 0 aliphatic rings. The summed E-state index contributed by atoms with van der Waals surface area (Å²) in [5.41, 5.74) is 6.70. The Morgan fingerprint density at radius 2 is 1.91 bits per heavy atom. The summed E-state index contributed by atoms with van der Waals surface area (Å²) in [4.78, 5) is 42.8. The molecular formula is C24H26N6O5. The number of amidine groups is 1. The van der Waals surface area contributed by atoms with E-state index in [1.165, 1.54) is 24.5 Å². The van der Waals surface area contributed by atoms with Crippen LogP contribution in [0, 0.1) is 5.41 Å². The average molecular weight is 479 g/mol. The second-order valence-electron chi connectivity index (χ2n) is 7.37. The predicted molar refractivity (Wildman–Crippen MR) is 129 cm³/mol. The number of nitrogens with one attached hydrogen (secondary N) is 3. The molecule has 2 heterocycles. The van der Waals surface area contributed by atoms with Crippen LogP contribution in [0.4, 0.5) is 11.4 Å². The first-order valence-corrected chi connectivity index (χ1v) is 10.7. The van der Waals surface area contributed by atoms with Crippen LogP contribution in [-0.2, 0) is 31.5 Å². The third-order valence-corrected chi connectivity index (χ3v) is 4.83. The highest BCUT2D eigenvalue weighted by Gasteiger charge is 2.46. The number of aromatic nitrogens is 2. The molecule has 0 saturated carbocycles. The van der Waals surface area contributed by atoms with Crippen LogP contribution in [0.25, 0.3) is 0 Å². The van der Waals surface area contributed by atoms with E-state index in [9.17, 15) is 14.4 Å². The van der Waals surface area contributed by atoms with Gasteiger partial charge in [0.1, 0.15) is 11.5 Å². The molecule has 11 nitrogen and oxygen atoms in total. The van der Waals surface area contributed by atoms with Crippen LogP contribution in [0.3, 0.4) is 0 Å². The minimum absolute atomic E-state index is 0.0372. The zero-order valence-electron chi connectivity index (χ0n) is 19.3. The number of nitrogen functional groups attached to an aromatic ring is 1. The highest BCUT2D eigenvalue weighted by atomic mass is 16.7. The lowest BCUT2D eigenvalue weighted by molar-refractivity contribution is -0.264. The molecule has 11 heteroatoms. The Hall–Kier alpha value is -4.51. The molecule has 1 atom stereocenters. The second-order valence-corrected chi connectivity index (χ2v) is 7.37. The molecule has 0 spiro atoms. The van der Waals surface area contributed by atoms with Crippen molar-refractivity contribution >= 4 is 29.1 Å². The number of carbonyl (C=O) groups excluding carboxylic acids is 2. The molecule has 1 amide bonds. The van der Waals surface area contributed by atoms with Gasteiger partial charge < -0.3 is 25.8 Å². The Labute approximate surface area is 201 Å². The van der Waals surface area contributed by atoms with E-state index in [2.05, 4.69) is 15.6 Å². The van der Waals surface area contributed by atoms with Crippen molar-refractivity contribution in [2.75, 3.05) is 11.9 Å². The van der Waals surface area contributed by atoms with Gasteiger partial charge in [0.15, 0.2) is 0 Å². The fraction of sp³-hybridized carbons (Fsp3) is 0.208. The van der Waals surface area contributed by atoms with Gasteiger partial charge in [-0.15, -0.1) is 0 Å². The molecule has 0 aliphatic heterocycles. The van der Waals surface area contributed by atoms with Crippen molar-refractivity contribution < 1.29 is 19.1 Å². The maximum atomic E-state index is 13.4. The normalized spacial score (nSPS) is 12.3. The fourth-order valence-electron chi connectivity index (χ4n) is 3.27. The van der Waals surface area contributed by atoms with Crippen molar-refractivity contribution in [3.8, 4) is 0 Å². The third-order valence-electron chi connectivity index (χ3n) is 4.83. The molecule has 0 bridgehead atoms. The van der Waals surface area contributed by atoms with E-state index in [1.54, 1.807) is 49.5 Å². The predicted octanol–water partition coefficient (Wildman–Crippen LogP) is 1.80. The molecule has 0 aliphatic carbocycles. The van der Waals surface area contributed by atoms with Crippen LogP contribution in [0.5, 0.6) is 0 Å². The third kappa shape index (κ3) is 5.89. The Morgan fingerprint density at radius 3 is 2.51 bits per heavy atom. The van der Waals surface area contributed by atoms with E-state index in [0.29, 0.717) is 16.8 Å². The van der Waals surface area contributed by atoms with E-state index in [4.69, 9.17) is 20.6 Å². The first-order valence-electron chi connectivity index (χ1n) is 10.7. The molecule has 182 valence electrons. The highest BCUT2D eigenvalue weighted by Crippen LogP contribution is 2.22. The van der Waals surface area contributed by atoms with E-state index >= 15 is 0 Å². The Bertz CT molecular complexity index is 1260. The lowest BCUT2D eigenvalue weighted by Gasteiger charge is -2.32. The Balaban J connectivity index is 1.96. The lowest BCUT2D eigenvalue weighted by Crippen LogP contribution is -2.56. The molecule has 3 rings (SSSR count). The Kier molecular flexibility index (Phi) is 7.95. The maximum Gasteiger partial charge on any atom is 0.387 e. The smallest absolute Gasteiger partial charge is 0.387 e. The molecule has 2 aromatic heterocycles. The lowest BCUT2D eigenvalue weighted by atomic mass is 10.1. The summed E-state index contributed by atoms with van der Waals surface area (Å²) in [7, 11) is 0. The zero-order valence-corrected chi connectivity index (χ0v) is 19.3. The molecule has 35 heavy (non-hydrogen) atoms. The molecule has 3 aromatic rings. The summed E-state index contributed by atoms with van der Waals surface area (Å²) in [6, 6.07) is 13.1. The van der Waals surface area contributed by atoms with Crippen LogP contribution in [0.2, 0.25) is 0 Å². The van der Waals surface area contributed by atoms with Crippen molar-refractivity contribution in [1.82, 2.24) is 14.9 Å². The fourth-order valence-corrected chi connectivity index (χ4v) is 3.27. The van der Waals surface area contributed by atoms with Gasteiger partial charge in [-0.2, -0.15) is 0 Å². The number of esters is 1. The van der Waals surface area contributed by atoms with Crippen LogP contribution in [-0.4, -0.2) is 33.9 Å². The standard InChI is InChI=1S/C24H26N6O5/c1-3-34-24(35-16(2)31,23(33)28-14-17-8-10-18(11-9-17)21(25)26)30-13-5-7-20(22(30)32)29-19-6-4-12-27-15-19/h4-13,15,29H,3,14H2,1-2H3,(H3,25,26)(H,28,33)/t24-/m0/s1. The highest BCUT2D eigenvalue weighted by molar-refractivity contribution is 5.94. The number of amides is 1. The van der Waals surface area contributed by atoms with E-state index in [0.717, 1.165) is 11.5 Å². The van der Waals surface area contributed by atoms with Crippen LogP contribution >= 0.6 is 0 Å². The number of carbonyl (C=O) groups is 2. The molecule has 0 saturated heterocycles. The summed E-state index contributed by atoms with van der Waals surface area (Å²) < 4.78 is 11.9. The van der Waals surface area contributed by atoms with Gasteiger partial charge in [-0.05, 0) is 36.8 Å². The summed E-state index contributed by atoms with van der Waals surface area (Å²) in [5.74, 6) is -4.14. The number of rotatable bonds is 10. The Morgan fingerprint density at radius 1 is 1.17 bits per heavy atom. The quantitative estimate of drug-likeness (QED) is 0.148. The molecule has 0 fully saturated rings. The number of hydrogen-bond acceptors (Lipinski definition) is 8. The number of benzene rings is 1. The van der Waals surface area contributed by atoms with Crippen molar-refractivity contribution in [1.29, 1.82) is 5.41 Å². The molecular weight excluding hydrogens is 452 g/mol. The van der Waals surface area contributed by atoms with Gasteiger partial charge in [-0.3, -0.25) is 24.8 Å². The number of pyridine rings is 2. The van der Waals surface area contributed by atoms with Gasteiger partial charge in [0.05, 0.1) is 18.5 Å². The van der Waals surface area contributed by atoms with E-state index in [1.807, 2.05) is 0 Å². The van der Waals surface area contributed by atoms with Gasteiger partial charge in [0.2, 0.25) is 0 Å². The zero-order chi connectivity index (χ0) is 25.4. The van der Waals surface area contributed by atoms with Gasteiger partial charge in [-0.1, -0.05) is 24.3 Å². The van der Waals surface area contributed by atoms with Gasteiger partial charge in [-0.25, -0.2) is 4.57 Å². The molecule has 1 aromatic carbocycles. The van der Waals surface area contributed by atoms with Crippen LogP contribution in [0.15, 0.2) is 71.9 Å². The van der Waals surface area contributed by atoms with E-state index < -0.39 is 23.3 Å². The maximum absolute atomic E-state index is 13.4. The number of nitrogens with two attached hydrogens (primary N) is 1. The molecule has 0 unspecified atom stereocenters. The number of ether oxygens (including phenoxy) is 2. The summed E-state index contributed by atoms with van der Waals surface area (Å²) in [5, 5.41) is 13.1. The van der Waals surface area contributed by atoms with Crippen LogP contribution < -0.4 is 21.9 Å². The van der Waals surface area contributed by atoms with E-state index in [-0.39, 0.29) is 24.7 Å². The van der Waals surface area contributed by atoms with Crippen molar-refractivity contribution in [2.45, 2.75) is 26.3 Å². The minimum atomic E-state index is -2.39. The van der Waals surface area contributed by atoms with Gasteiger partial charge in [0, 0.05) is 31.4 Å². The largest absolute Gasteiger partial charge is 0.405 e. The van der Waals surface area contributed by atoms with Gasteiger partial charge >= 0.3 is 17.8 Å². The number of hydrogen-bond donors (Lipinski definition) is 4. The average Bonchev–Trinajstić information content (AvgIpc) is 2.84. The second kappa shape index (κ2) is 11.1. The minimum Gasteiger partial charge on any atom is -0.405 e. The summed E-state index contributed by atoms with van der Waals surface area (Å²) in [6.07, 6.45) is 4.42. The SMILES string of the molecule is CCO[C@](OC(C)=O)(C(=O)NCc1ccc(C(=N)N)cc1)n1cccc(Nc2cccnc2)c1=O. The molecule has 5 N–H and O–H groups in total. The summed E-state index contributed by atoms with van der Waals surface area (Å²) in [6.45, 7) is 2.72. The molecule has 0 radical (unpaired) electrons. The summed E-state index contributed by atoms with van der Waals surface area (Å²) >= 11 is 0. The number of anilines is 2. The topological polar surface area (TPSA) is 161 Å². The van der Waals surface area contributed by atoms with Crippen molar-refractivity contribution in [2.24, 2.45) is 5.73 Å². The van der Waals surface area contributed by atoms with Crippen molar-refractivity contribution in [3.05, 3.63) is 88.6 Å². The van der Waals surface area contributed by atoms with Crippen LogP contribution in [0.1, 0.15) is 25.0 Å². The first-order chi connectivity index (χ1) is 16.8. The first kappa shape index (κ1) is 25.1. The van der Waals surface area contributed by atoms with Crippen molar-refractivity contribution in [3.63, 3.8) is 0 Å². The van der Waals surface area contributed by atoms with Gasteiger partial charge in [0.25, 0.3) is 5.56 Å².